The van der Waals surface area contributed by atoms with Gasteiger partial charge in [0, 0.05) is 20.6 Å². The van der Waals surface area contributed by atoms with Crippen LogP contribution in [0.5, 0.6) is 0 Å². The molecule has 5 heteroatoms. The van der Waals surface area contributed by atoms with Gasteiger partial charge in [-0.3, -0.25) is 4.79 Å². The van der Waals surface area contributed by atoms with Crippen molar-refractivity contribution >= 4 is 11.9 Å². The fourth-order valence-electron chi connectivity index (χ4n) is 2.23. The highest BCUT2D eigenvalue weighted by Crippen LogP contribution is 2.25. The van der Waals surface area contributed by atoms with Crippen LogP contribution in [0.15, 0.2) is 24.3 Å². The molecule has 110 valence electrons. The fraction of sp³-hybridized carbons (Fsp3) is 0.467. The lowest BCUT2D eigenvalue weighted by molar-refractivity contribution is -0.149. The van der Waals surface area contributed by atoms with Crippen LogP contribution in [0.2, 0.25) is 0 Å². The number of ether oxygens (including phenoxy) is 1. The van der Waals surface area contributed by atoms with Crippen LogP contribution in [-0.4, -0.2) is 35.5 Å². The van der Waals surface area contributed by atoms with E-state index in [9.17, 15) is 14.7 Å². The number of carboxylic acid groups (broad SMARTS) is 1. The molecule has 1 unspecified atom stereocenters. The molecule has 0 aliphatic carbocycles. The third-order valence-electron chi connectivity index (χ3n) is 3.06. The van der Waals surface area contributed by atoms with Crippen LogP contribution in [0.4, 0.5) is 0 Å². The number of benzene rings is 1. The molecular weight excluding hydrogens is 258 g/mol. The quantitative estimate of drug-likeness (QED) is 0.831. The first kappa shape index (κ1) is 16.2. The predicted molar refractivity (Wildman–Crippen MR) is 75.2 cm³/mol. The van der Waals surface area contributed by atoms with E-state index in [1.807, 2.05) is 19.1 Å². The number of carbonyl (C=O) groups excluding carboxylic acids is 1. The van der Waals surface area contributed by atoms with E-state index in [0.717, 1.165) is 5.56 Å². The lowest BCUT2D eigenvalue weighted by atomic mass is 9.99. The van der Waals surface area contributed by atoms with E-state index in [1.54, 1.807) is 19.2 Å². The first-order valence-corrected chi connectivity index (χ1v) is 6.59. The van der Waals surface area contributed by atoms with Gasteiger partial charge in [0.05, 0.1) is 6.61 Å². The zero-order valence-electron chi connectivity index (χ0n) is 12.1. The molecule has 0 bridgehead atoms. The second-order valence-electron chi connectivity index (χ2n) is 4.59. The normalized spacial score (nSPS) is 11.9. The van der Waals surface area contributed by atoms with Gasteiger partial charge < -0.3 is 14.7 Å². The van der Waals surface area contributed by atoms with Crippen LogP contribution in [0.1, 0.15) is 37.4 Å². The summed E-state index contributed by atoms with van der Waals surface area (Å²) in [5.74, 6) is -1.27. The monoisotopic (exact) mass is 279 g/mol. The molecule has 0 fully saturated rings. The van der Waals surface area contributed by atoms with Gasteiger partial charge in [0.1, 0.15) is 0 Å². The van der Waals surface area contributed by atoms with Crippen molar-refractivity contribution in [2.45, 2.75) is 32.9 Å². The standard InChI is InChI=1S/C15H21NO4/c1-4-9-16(11(2)17)14(15(18)19)13-8-6-5-7-12(13)10-20-3/h5-8,14H,4,9-10H2,1-3H3,(H,18,19). The molecule has 0 heterocycles. The molecule has 0 radical (unpaired) electrons. The summed E-state index contributed by atoms with van der Waals surface area (Å²) in [5, 5.41) is 9.53. The molecule has 5 nitrogen and oxygen atoms in total. The lowest BCUT2D eigenvalue weighted by Gasteiger charge is -2.29. The molecule has 0 aliphatic heterocycles. The van der Waals surface area contributed by atoms with Gasteiger partial charge in [-0.1, -0.05) is 31.2 Å². The van der Waals surface area contributed by atoms with Gasteiger partial charge in [0.25, 0.3) is 0 Å². The average Bonchev–Trinajstić information content (AvgIpc) is 2.39. The van der Waals surface area contributed by atoms with E-state index in [1.165, 1.54) is 11.8 Å². The highest BCUT2D eigenvalue weighted by atomic mass is 16.5. The second-order valence-corrected chi connectivity index (χ2v) is 4.59. The molecule has 0 aromatic heterocycles. The van der Waals surface area contributed by atoms with Crippen LogP contribution in [-0.2, 0) is 20.9 Å². The molecule has 20 heavy (non-hydrogen) atoms. The van der Waals surface area contributed by atoms with Crippen molar-refractivity contribution in [3.63, 3.8) is 0 Å². The van der Waals surface area contributed by atoms with Gasteiger partial charge in [-0.15, -0.1) is 0 Å². The van der Waals surface area contributed by atoms with Crippen molar-refractivity contribution in [3.05, 3.63) is 35.4 Å². The highest BCUT2D eigenvalue weighted by Gasteiger charge is 2.30. The molecule has 1 aromatic rings. The van der Waals surface area contributed by atoms with Crippen LogP contribution < -0.4 is 0 Å². The van der Waals surface area contributed by atoms with Crippen molar-refractivity contribution < 1.29 is 19.4 Å². The number of hydrogen-bond donors (Lipinski definition) is 1. The third kappa shape index (κ3) is 3.81. The van der Waals surface area contributed by atoms with Crippen molar-refractivity contribution in [1.29, 1.82) is 0 Å². The Morgan fingerprint density at radius 1 is 1.35 bits per heavy atom. The number of methoxy groups -OCH3 is 1. The molecule has 1 amide bonds. The molecule has 0 aliphatic rings. The number of nitrogens with zero attached hydrogens (tertiary/aromatic N) is 1. The van der Waals surface area contributed by atoms with Crippen LogP contribution >= 0.6 is 0 Å². The maximum Gasteiger partial charge on any atom is 0.331 e. The van der Waals surface area contributed by atoms with Crippen molar-refractivity contribution in [2.24, 2.45) is 0 Å². The number of carbonyl (C=O) groups is 2. The van der Waals surface area contributed by atoms with Gasteiger partial charge in [0.15, 0.2) is 6.04 Å². The van der Waals surface area contributed by atoms with Gasteiger partial charge in [-0.05, 0) is 17.5 Å². The van der Waals surface area contributed by atoms with Gasteiger partial charge >= 0.3 is 5.97 Å². The maximum atomic E-state index is 11.8. The molecule has 0 saturated heterocycles. The fourth-order valence-corrected chi connectivity index (χ4v) is 2.23. The van der Waals surface area contributed by atoms with E-state index < -0.39 is 12.0 Å². The van der Waals surface area contributed by atoms with E-state index in [4.69, 9.17) is 4.74 Å². The molecule has 1 aromatic carbocycles. The Hall–Kier alpha value is -1.88. The van der Waals surface area contributed by atoms with Gasteiger partial charge in [0.2, 0.25) is 5.91 Å². The van der Waals surface area contributed by atoms with Gasteiger partial charge in [-0.2, -0.15) is 0 Å². The van der Waals surface area contributed by atoms with Crippen molar-refractivity contribution in [2.75, 3.05) is 13.7 Å². The lowest BCUT2D eigenvalue weighted by Crippen LogP contribution is -2.38. The number of amides is 1. The zero-order valence-corrected chi connectivity index (χ0v) is 12.1. The Balaban J connectivity index is 3.25. The summed E-state index contributed by atoms with van der Waals surface area (Å²) in [5.41, 5.74) is 1.38. The summed E-state index contributed by atoms with van der Waals surface area (Å²) in [4.78, 5) is 24.8. The number of hydrogen-bond acceptors (Lipinski definition) is 3. The smallest absolute Gasteiger partial charge is 0.331 e. The van der Waals surface area contributed by atoms with E-state index in [-0.39, 0.29) is 5.91 Å². The van der Waals surface area contributed by atoms with E-state index in [2.05, 4.69) is 0 Å². The van der Waals surface area contributed by atoms with Crippen molar-refractivity contribution in [3.8, 4) is 0 Å². The van der Waals surface area contributed by atoms with Crippen LogP contribution in [0.3, 0.4) is 0 Å². The average molecular weight is 279 g/mol. The number of aliphatic carboxylic acids is 1. The minimum atomic E-state index is -1.03. The number of carboxylic acids is 1. The summed E-state index contributed by atoms with van der Waals surface area (Å²) in [6.07, 6.45) is 0.704. The minimum absolute atomic E-state index is 0.244. The van der Waals surface area contributed by atoms with Crippen molar-refractivity contribution in [1.82, 2.24) is 4.90 Å². The van der Waals surface area contributed by atoms with E-state index >= 15 is 0 Å². The van der Waals surface area contributed by atoms with Crippen LogP contribution in [0, 0.1) is 0 Å². The molecule has 1 atom stereocenters. The summed E-state index contributed by atoms with van der Waals surface area (Å²) >= 11 is 0. The predicted octanol–water partition coefficient (Wildman–Crippen LogP) is 2.22. The molecule has 0 saturated carbocycles. The SMILES string of the molecule is CCCN(C(C)=O)C(C(=O)O)c1ccccc1COC. The topological polar surface area (TPSA) is 66.8 Å². The number of rotatable bonds is 7. The molecule has 1 N–H and O–H groups in total. The second kappa shape index (κ2) is 7.65. The molecular formula is C15H21NO4. The Morgan fingerprint density at radius 2 is 2.00 bits per heavy atom. The molecule has 0 spiro atoms. The summed E-state index contributed by atoms with van der Waals surface area (Å²) in [6, 6.07) is 6.18. The first-order chi connectivity index (χ1) is 9.52. The Morgan fingerprint density at radius 3 is 2.50 bits per heavy atom. The highest BCUT2D eigenvalue weighted by molar-refractivity contribution is 5.83. The zero-order chi connectivity index (χ0) is 15.1. The maximum absolute atomic E-state index is 11.8. The minimum Gasteiger partial charge on any atom is -0.479 e. The van der Waals surface area contributed by atoms with Gasteiger partial charge in [-0.25, -0.2) is 4.79 Å². The summed E-state index contributed by atoms with van der Waals surface area (Å²) in [6.45, 7) is 4.03. The molecule has 1 rings (SSSR count). The third-order valence-corrected chi connectivity index (χ3v) is 3.06. The Kier molecular flexibility index (Phi) is 6.18. The van der Waals surface area contributed by atoms with E-state index in [0.29, 0.717) is 25.1 Å². The summed E-state index contributed by atoms with van der Waals surface area (Å²) in [7, 11) is 1.56. The first-order valence-electron chi connectivity index (χ1n) is 6.59. The van der Waals surface area contributed by atoms with Crippen LogP contribution in [0.25, 0.3) is 0 Å². The Bertz CT molecular complexity index is 473. The largest absolute Gasteiger partial charge is 0.479 e. The summed E-state index contributed by atoms with van der Waals surface area (Å²) < 4.78 is 5.10. The Labute approximate surface area is 119 Å².